The van der Waals surface area contributed by atoms with Crippen LogP contribution in [0.2, 0.25) is 0 Å². The van der Waals surface area contributed by atoms with Crippen molar-refractivity contribution in [2.75, 3.05) is 26.1 Å². The molecule has 1 aliphatic heterocycles. The Bertz CT molecular complexity index is 748. The Morgan fingerprint density at radius 3 is 2.62 bits per heavy atom. The summed E-state index contributed by atoms with van der Waals surface area (Å²) in [6.45, 7) is 2.86. The summed E-state index contributed by atoms with van der Waals surface area (Å²) in [6, 6.07) is 15.4. The monoisotopic (exact) mass is 354 g/mol. The number of likely N-dealkylation sites (tertiary alicyclic amines) is 1. The predicted molar refractivity (Wildman–Crippen MR) is 103 cm³/mol. The Morgan fingerprint density at radius 1 is 1.15 bits per heavy atom. The molecule has 0 spiro atoms. The van der Waals surface area contributed by atoms with E-state index in [2.05, 4.69) is 10.2 Å². The van der Waals surface area contributed by atoms with Crippen LogP contribution < -0.4 is 14.8 Å². The number of methoxy groups -OCH3 is 2. The first-order chi connectivity index (χ1) is 12.6. The lowest BCUT2D eigenvalue weighted by Crippen LogP contribution is -2.41. The van der Waals surface area contributed by atoms with E-state index in [-0.39, 0.29) is 18.0 Å². The number of ether oxygens (including phenoxy) is 2. The van der Waals surface area contributed by atoms with Gasteiger partial charge in [-0.1, -0.05) is 24.3 Å². The van der Waals surface area contributed by atoms with E-state index in [1.54, 1.807) is 14.2 Å². The number of rotatable bonds is 6. The number of nitrogens with zero attached hydrogens (tertiary/aromatic N) is 1. The third kappa shape index (κ3) is 3.83. The molecule has 1 amide bonds. The van der Waals surface area contributed by atoms with E-state index in [4.69, 9.17) is 9.47 Å². The fourth-order valence-electron chi connectivity index (χ4n) is 3.60. The van der Waals surface area contributed by atoms with E-state index in [1.165, 1.54) is 0 Å². The normalized spacial score (nSPS) is 18.3. The second-order valence-electron chi connectivity index (χ2n) is 6.53. The van der Waals surface area contributed by atoms with E-state index in [1.807, 2.05) is 55.5 Å². The van der Waals surface area contributed by atoms with Crippen molar-refractivity contribution in [2.45, 2.75) is 31.8 Å². The third-order valence-electron chi connectivity index (χ3n) is 5.01. The molecule has 0 aromatic heterocycles. The van der Waals surface area contributed by atoms with Crippen molar-refractivity contribution < 1.29 is 14.3 Å². The molecular formula is C21H26N2O3. The highest BCUT2D eigenvalue weighted by atomic mass is 16.5. The van der Waals surface area contributed by atoms with Crippen molar-refractivity contribution in [3.05, 3.63) is 54.1 Å². The fraction of sp³-hybridized carbons (Fsp3) is 0.381. The molecule has 2 atom stereocenters. The van der Waals surface area contributed by atoms with Crippen LogP contribution in [0.1, 0.15) is 31.4 Å². The first-order valence-corrected chi connectivity index (χ1v) is 8.97. The number of anilines is 1. The molecule has 3 rings (SSSR count). The van der Waals surface area contributed by atoms with Gasteiger partial charge in [-0.2, -0.15) is 0 Å². The number of nitrogens with one attached hydrogen (secondary N) is 1. The lowest BCUT2D eigenvalue weighted by molar-refractivity contribution is -0.121. The minimum atomic E-state index is -0.227. The molecule has 138 valence electrons. The number of hydrogen-bond acceptors (Lipinski definition) is 4. The number of carbonyl (C=O) groups excluding carboxylic acids is 1. The minimum absolute atomic E-state index is 0.00979. The second-order valence-corrected chi connectivity index (χ2v) is 6.53. The summed E-state index contributed by atoms with van der Waals surface area (Å²) in [4.78, 5) is 15.0. The van der Waals surface area contributed by atoms with E-state index in [0.717, 1.165) is 42.1 Å². The van der Waals surface area contributed by atoms with Crippen LogP contribution >= 0.6 is 0 Å². The number of amides is 1. The lowest BCUT2D eigenvalue weighted by atomic mass is 10.0. The smallest absolute Gasteiger partial charge is 0.241 e. The molecule has 0 saturated carbocycles. The van der Waals surface area contributed by atoms with Gasteiger partial charge >= 0.3 is 0 Å². The maximum Gasteiger partial charge on any atom is 0.241 e. The topological polar surface area (TPSA) is 50.8 Å². The summed E-state index contributed by atoms with van der Waals surface area (Å²) in [7, 11) is 3.31. The van der Waals surface area contributed by atoms with Gasteiger partial charge in [0.15, 0.2) is 0 Å². The largest absolute Gasteiger partial charge is 0.497 e. The molecule has 1 saturated heterocycles. The van der Waals surface area contributed by atoms with Crippen molar-refractivity contribution in [2.24, 2.45) is 0 Å². The van der Waals surface area contributed by atoms with Gasteiger partial charge < -0.3 is 14.8 Å². The van der Waals surface area contributed by atoms with E-state index in [0.29, 0.717) is 0 Å². The molecule has 0 radical (unpaired) electrons. The van der Waals surface area contributed by atoms with Crippen LogP contribution in [-0.4, -0.2) is 37.6 Å². The molecule has 5 nitrogen and oxygen atoms in total. The van der Waals surface area contributed by atoms with Gasteiger partial charge in [-0.3, -0.25) is 9.69 Å². The highest BCUT2D eigenvalue weighted by molar-refractivity contribution is 5.94. The van der Waals surface area contributed by atoms with Gasteiger partial charge in [-0.15, -0.1) is 0 Å². The van der Waals surface area contributed by atoms with Gasteiger partial charge in [0, 0.05) is 23.4 Å². The van der Waals surface area contributed by atoms with Crippen LogP contribution in [0, 0.1) is 0 Å². The molecule has 1 fully saturated rings. The molecule has 1 aliphatic rings. The number of hydrogen-bond donors (Lipinski definition) is 1. The zero-order valence-corrected chi connectivity index (χ0v) is 15.6. The predicted octanol–water partition coefficient (Wildman–Crippen LogP) is 3.87. The van der Waals surface area contributed by atoms with Crippen molar-refractivity contribution in [3.63, 3.8) is 0 Å². The fourth-order valence-corrected chi connectivity index (χ4v) is 3.60. The molecule has 2 aromatic rings. The van der Waals surface area contributed by atoms with Crippen molar-refractivity contribution in [1.82, 2.24) is 4.90 Å². The van der Waals surface area contributed by atoms with Crippen LogP contribution in [0.25, 0.3) is 0 Å². The van der Waals surface area contributed by atoms with Crippen molar-refractivity contribution in [3.8, 4) is 11.5 Å². The Hall–Kier alpha value is -2.53. The van der Waals surface area contributed by atoms with Gasteiger partial charge in [0.2, 0.25) is 5.91 Å². The average Bonchev–Trinajstić information content (AvgIpc) is 3.17. The molecule has 0 aliphatic carbocycles. The van der Waals surface area contributed by atoms with Crippen molar-refractivity contribution in [1.29, 1.82) is 0 Å². The summed E-state index contributed by atoms with van der Waals surface area (Å²) in [5, 5.41) is 3.01. The maximum atomic E-state index is 12.7. The summed E-state index contributed by atoms with van der Waals surface area (Å²) in [6.07, 6.45) is 2.06. The van der Waals surface area contributed by atoms with Crippen LogP contribution in [0.15, 0.2) is 48.5 Å². The molecule has 2 aromatic carbocycles. The van der Waals surface area contributed by atoms with E-state index < -0.39 is 0 Å². The lowest BCUT2D eigenvalue weighted by Gasteiger charge is -2.31. The summed E-state index contributed by atoms with van der Waals surface area (Å²) >= 11 is 0. The Kier molecular flexibility index (Phi) is 5.78. The van der Waals surface area contributed by atoms with Crippen molar-refractivity contribution >= 4 is 11.6 Å². The van der Waals surface area contributed by atoms with Gasteiger partial charge in [0.05, 0.1) is 20.3 Å². The zero-order valence-electron chi connectivity index (χ0n) is 15.6. The van der Waals surface area contributed by atoms with Gasteiger partial charge in [0.1, 0.15) is 11.5 Å². The quantitative estimate of drug-likeness (QED) is 0.856. The zero-order chi connectivity index (χ0) is 18.5. The van der Waals surface area contributed by atoms with E-state index in [9.17, 15) is 4.79 Å². The molecule has 0 bridgehead atoms. The van der Waals surface area contributed by atoms with Crippen LogP contribution in [0.3, 0.4) is 0 Å². The Balaban J connectivity index is 1.78. The SMILES string of the molecule is COc1ccc([C@H]2CCCN2[C@H](C)C(=O)Nc2ccccc2)c(OC)c1. The number of para-hydroxylation sites is 1. The standard InChI is InChI=1S/C21H26N2O3/c1-15(21(24)22-16-8-5-4-6-9-16)23-13-7-10-19(23)18-12-11-17(25-2)14-20(18)26-3/h4-6,8-9,11-12,14-15,19H,7,10,13H2,1-3H3,(H,22,24)/t15-,19-/m1/s1. The first-order valence-electron chi connectivity index (χ1n) is 8.97. The minimum Gasteiger partial charge on any atom is -0.497 e. The number of carbonyl (C=O) groups is 1. The number of benzene rings is 2. The summed E-state index contributed by atoms with van der Waals surface area (Å²) in [5.41, 5.74) is 1.92. The van der Waals surface area contributed by atoms with Gasteiger partial charge in [-0.05, 0) is 44.5 Å². The summed E-state index contributed by atoms with van der Waals surface area (Å²) in [5.74, 6) is 1.58. The molecule has 5 heteroatoms. The van der Waals surface area contributed by atoms with Crippen LogP contribution in [0.4, 0.5) is 5.69 Å². The Labute approximate surface area is 154 Å². The molecule has 26 heavy (non-hydrogen) atoms. The van der Waals surface area contributed by atoms with Crippen LogP contribution in [-0.2, 0) is 4.79 Å². The van der Waals surface area contributed by atoms with E-state index >= 15 is 0 Å². The molecule has 1 heterocycles. The van der Waals surface area contributed by atoms with Crippen LogP contribution in [0.5, 0.6) is 11.5 Å². The third-order valence-corrected chi connectivity index (χ3v) is 5.01. The average molecular weight is 354 g/mol. The maximum absolute atomic E-state index is 12.7. The molecule has 1 N–H and O–H groups in total. The van der Waals surface area contributed by atoms with Gasteiger partial charge in [-0.25, -0.2) is 0 Å². The van der Waals surface area contributed by atoms with Gasteiger partial charge in [0.25, 0.3) is 0 Å². The molecular weight excluding hydrogens is 328 g/mol. The first kappa shape index (κ1) is 18.3. The highest BCUT2D eigenvalue weighted by Crippen LogP contribution is 2.39. The Morgan fingerprint density at radius 2 is 1.92 bits per heavy atom. The second kappa shape index (κ2) is 8.23. The molecule has 0 unspecified atom stereocenters. The summed E-state index contributed by atoms with van der Waals surface area (Å²) < 4.78 is 10.9. The highest BCUT2D eigenvalue weighted by Gasteiger charge is 2.34.